The number of carbonyl (C=O) groups is 1. The molecule has 2 rings (SSSR count). The summed E-state index contributed by atoms with van der Waals surface area (Å²) < 4.78 is 5.47. The van der Waals surface area contributed by atoms with E-state index in [0.717, 1.165) is 18.4 Å². The van der Waals surface area contributed by atoms with Crippen LogP contribution in [0.4, 0.5) is 0 Å². The van der Waals surface area contributed by atoms with Crippen molar-refractivity contribution in [2.45, 2.75) is 37.3 Å². The van der Waals surface area contributed by atoms with Gasteiger partial charge in [0, 0.05) is 13.7 Å². The van der Waals surface area contributed by atoms with E-state index in [-0.39, 0.29) is 11.5 Å². The van der Waals surface area contributed by atoms with E-state index in [1.807, 2.05) is 30.3 Å². The fourth-order valence-corrected chi connectivity index (χ4v) is 2.36. The fourth-order valence-electron chi connectivity index (χ4n) is 2.36. The molecule has 3 N–H and O–H groups in total. The van der Waals surface area contributed by atoms with Gasteiger partial charge in [0.1, 0.15) is 0 Å². The van der Waals surface area contributed by atoms with Crippen LogP contribution in [-0.4, -0.2) is 31.2 Å². The smallest absolute Gasteiger partial charge is 0.237 e. The van der Waals surface area contributed by atoms with Gasteiger partial charge >= 0.3 is 0 Å². The minimum atomic E-state index is -0.503. The number of amides is 1. The minimum absolute atomic E-state index is 0.104. The van der Waals surface area contributed by atoms with Gasteiger partial charge in [0.05, 0.1) is 11.6 Å². The average Bonchev–Trinajstić information content (AvgIpc) is 2.39. The summed E-state index contributed by atoms with van der Waals surface area (Å²) in [6, 6.07) is 9.32. The van der Waals surface area contributed by atoms with Gasteiger partial charge in [-0.3, -0.25) is 4.79 Å². The first kappa shape index (κ1) is 14.0. The molecule has 0 radical (unpaired) electrons. The fraction of sp³-hybridized carbons (Fsp3) is 0.533. The van der Waals surface area contributed by atoms with Crippen LogP contribution in [0.15, 0.2) is 30.3 Å². The van der Waals surface area contributed by atoms with Crippen molar-refractivity contribution < 1.29 is 9.53 Å². The molecule has 1 aromatic carbocycles. The monoisotopic (exact) mass is 262 g/mol. The summed E-state index contributed by atoms with van der Waals surface area (Å²) in [7, 11) is 1.70. The highest BCUT2D eigenvalue weighted by Crippen LogP contribution is 2.34. The van der Waals surface area contributed by atoms with Gasteiger partial charge in [-0.2, -0.15) is 0 Å². The van der Waals surface area contributed by atoms with Crippen LogP contribution in [0, 0.1) is 0 Å². The predicted molar refractivity (Wildman–Crippen MR) is 74.7 cm³/mol. The molecule has 0 aromatic heterocycles. The SMILES string of the molecule is COC1(CNC(=O)[C@H](N)Cc2ccccc2)CCC1. The first-order valence-corrected chi connectivity index (χ1v) is 6.78. The van der Waals surface area contributed by atoms with Crippen LogP contribution in [0.3, 0.4) is 0 Å². The predicted octanol–water partition coefficient (Wildman–Crippen LogP) is 1.24. The molecule has 4 heteroatoms. The number of methoxy groups -OCH3 is 1. The number of hydrogen-bond donors (Lipinski definition) is 2. The number of benzene rings is 1. The number of hydrogen-bond acceptors (Lipinski definition) is 3. The van der Waals surface area contributed by atoms with Gasteiger partial charge in [0.25, 0.3) is 0 Å². The van der Waals surface area contributed by atoms with E-state index in [1.54, 1.807) is 7.11 Å². The zero-order valence-electron chi connectivity index (χ0n) is 11.4. The first-order chi connectivity index (χ1) is 9.15. The van der Waals surface area contributed by atoms with Crippen LogP contribution in [-0.2, 0) is 16.0 Å². The molecule has 1 aromatic rings. The lowest BCUT2D eigenvalue weighted by molar-refractivity contribution is -0.126. The van der Waals surface area contributed by atoms with Crippen LogP contribution in [0.2, 0.25) is 0 Å². The Labute approximate surface area is 114 Å². The Morgan fingerprint density at radius 2 is 2.11 bits per heavy atom. The van der Waals surface area contributed by atoms with Crippen molar-refractivity contribution in [3.63, 3.8) is 0 Å². The first-order valence-electron chi connectivity index (χ1n) is 6.78. The Hall–Kier alpha value is -1.39. The summed E-state index contributed by atoms with van der Waals surface area (Å²) >= 11 is 0. The molecule has 1 aliphatic rings. The maximum atomic E-state index is 12.0. The lowest BCUT2D eigenvalue weighted by atomic mass is 9.80. The van der Waals surface area contributed by atoms with Crippen LogP contribution < -0.4 is 11.1 Å². The molecule has 0 aliphatic heterocycles. The largest absolute Gasteiger partial charge is 0.376 e. The minimum Gasteiger partial charge on any atom is -0.376 e. The number of rotatable bonds is 6. The van der Waals surface area contributed by atoms with Crippen LogP contribution >= 0.6 is 0 Å². The molecule has 0 spiro atoms. The van der Waals surface area contributed by atoms with Crippen LogP contribution in [0.5, 0.6) is 0 Å². The lowest BCUT2D eigenvalue weighted by Gasteiger charge is -2.40. The van der Waals surface area contributed by atoms with E-state index in [1.165, 1.54) is 6.42 Å². The van der Waals surface area contributed by atoms with Crippen molar-refractivity contribution >= 4 is 5.91 Å². The summed E-state index contributed by atoms with van der Waals surface area (Å²) in [5.41, 5.74) is 6.85. The molecule has 0 bridgehead atoms. The average molecular weight is 262 g/mol. The van der Waals surface area contributed by atoms with Gasteiger partial charge in [-0.25, -0.2) is 0 Å². The summed E-state index contributed by atoms with van der Waals surface area (Å²) in [6.07, 6.45) is 3.75. The van der Waals surface area contributed by atoms with Gasteiger partial charge in [-0.15, -0.1) is 0 Å². The summed E-state index contributed by atoms with van der Waals surface area (Å²) in [6.45, 7) is 0.560. The third-order valence-corrected chi connectivity index (χ3v) is 3.92. The topological polar surface area (TPSA) is 64.3 Å². The van der Waals surface area contributed by atoms with E-state index in [4.69, 9.17) is 10.5 Å². The van der Waals surface area contributed by atoms with Crippen molar-refractivity contribution in [2.24, 2.45) is 5.73 Å². The number of nitrogens with one attached hydrogen (secondary N) is 1. The third kappa shape index (κ3) is 3.55. The van der Waals surface area contributed by atoms with Crippen LogP contribution in [0.1, 0.15) is 24.8 Å². The van der Waals surface area contributed by atoms with Crippen molar-refractivity contribution in [1.82, 2.24) is 5.32 Å². The molecule has 0 unspecified atom stereocenters. The van der Waals surface area contributed by atoms with Crippen LogP contribution in [0.25, 0.3) is 0 Å². The quantitative estimate of drug-likeness (QED) is 0.810. The Morgan fingerprint density at radius 3 is 2.63 bits per heavy atom. The Balaban J connectivity index is 1.79. The molecule has 1 amide bonds. The molecular weight excluding hydrogens is 240 g/mol. The van der Waals surface area contributed by atoms with Crippen molar-refractivity contribution in [3.05, 3.63) is 35.9 Å². The molecule has 19 heavy (non-hydrogen) atoms. The molecule has 0 saturated heterocycles. The van der Waals surface area contributed by atoms with E-state index >= 15 is 0 Å². The summed E-state index contributed by atoms with van der Waals surface area (Å²) in [5.74, 6) is -0.104. The summed E-state index contributed by atoms with van der Waals surface area (Å²) in [4.78, 5) is 12.0. The van der Waals surface area contributed by atoms with E-state index in [2.05, 4.69) is 5.32 Å². The number of ether oxygens (including phenoxy) is 1. The molecule has 4 nitrogen and oxygen atoms in total. The highest BCUT2D eigenvalue weighted by atomic mass is 16.5. The zero-order chi connectivity index (χ0) is 13.7. The van der Waals surface area contributed by atoms with E-state index in [9.17, 15) is 4.79 Å². The zero-order valence-corrected chi connectivity index (χ0v) is 11.4. The molecule has 0 heterocycles. The standard InChI is InChI=1S/C15H22N2O2/c1-19-15(8-5-9-15)11-17-14(18)13(16)10-12-6-3-2-4-7-12/h2-4,6-7,13H,5,8-11,16H2,1H3,(H,17,18)/t13-/m1/s1. The van der Waals surface area contributed by atoms with Crippen molar-refractivity contribution in [3.8, 4) is 0 Å². The molecule has 1 saturated carbocycles. The second-order valence-electron chi connectivity index (χ2n) is 5.25. The molecular formula is C15H22N2O2. The maximum Gasteiger partial charge on any atom is 0.237 e. The Morgan fingerprint density at radius 1 is 1.42 bits per heavy atom. The maximum absolute atomic E-state index is 12.0. The Bertz CT molecular complexity index is 410. The lowest BCUT2D eigenvalue weighted by Crippen LogP contribution is -2.52. The molecule has 1 aliphatic carbocycles. The molecule has 1 fully saturated rings. The van der Waals surface area contributed by atoms with Gasteiger partial charge in [0.15, 0.2) is 0 Å². The number of nitrogens with two attached hydrogens (primary N) is 1. The van der Waals surface area contributed by atoms with Crippen molar-refractivity contribution in [2.75, 3.05) is 13.7 Å². The second kappa shape index (κ2) is 6.17. The highest BCUT2D eigenvalue weighted by molar-refractivity contribution is 5.81. The molecule has 1 atom stereocenters. The van der Waals surface area contributed by atoms with Gasteiger partial charge in [-0.1, -0.05) is 30.3 Å². The highest BCUT2D eigenvalue weighted by Gasteiger charge is 2.37. The number of carbonyl (C=O) groups excluding carboxylic acids is 1. The Kier molecular flexibility index (Phi) is 4.56. The van der Waals surface area contributed by atoms with E-state index < -0.39 is 6.04 Å². The summed E-state index contributed by atoms with van der Waals surface area (Å²) in [5, 5.41) is 2.91. The van der Waals surface area contributed by atoms with E-state index in [0.29, 0.717) is 13.0 Å². The molecule has 104 valence electrons. The van der Waals surface area contributed by atoms with Gasteiger partial charge < -0.3 is 15.8 Å². The van der Waals surface area contributed by atoms with Crippen molar-refractivity contribution in [1.29, 1.82) is 0 Å². The third-order valence-electron chi connectivity index (χ3n) is 3.92. The van der Waals surface area contributed by atoms with Gasteiger partial charge in [-0.05, 0) is 31.2 Å². The normalized spacial score (nSPS) is 18.4. The van der Waals surface area contributed by atoms with Gasteiger partial charge in [0.2, 0.25) is 5.91 Å². The second-order valence-corrected chi connectivity index (χ2v) is 5.25.